The SMILES string of the molecule is [2H]C1([2H])C2=CCC([2H])([2H])C([2H])([2H])C2([2H])C([2H])([2H])C([2H])([2H])N1c1ccccc1. The maximum atomic E-state index is 8.64. The lowest BCUT2D eigenvalue weighted by atomic mass is 9.82. The molecule has 16 heavy (non-hydrogen) atoms. The molecule has 1 heterocycles. The molecule has 1 aliphatic heterocycles. The molecule has 3 rings (SSSR count). The van der Waals surface area contributed by atoms with Gasteiger partial charge < -0.3 is 4.90 Å². The third kappa shape index (κ3) is 1.87. The number of nitrogens with zero attached hydrogens (tertiary/aromatic N) is 1. The zero-order valence-corrected chi connectivity index (χ0v) is 8.62. The van der Waals surface area contributed by atoms with Gasteiger partial charge in [-0.25, -0.2) is 0 Å². The first kappa shape index (κ1) is 3.63. The van der Waals surface area contributed by atoms with Crippen molar-refractivity contribution in [2.24, 2.45) is 5.89 Å². The fraction of sp³-hybridized carbons (Fsp3) is 0.467. The van der Waals surface area contributed by atoms with E-state index in [1.54, 1.807) is 6.07 Å². The van der Waals surface area contributed by atoms with Crippen molar-refractivity contribution in [3.05, 3.63) is 42.0 Å². The number of benzene rings is 1. The van der Waals surface area contributed by atoms with Crippen LogP contribution in [0.1, 0.15) is 40.6 Å². The van der Waals surface area contributed by atoms with Gasteiger partial charge in [-0.15, -0.1) is 0 Å². The van der Waals surface area contributed by atoms with Crippen LogP contribution in [0.2, 0.25) is 0 Å². The molecular weight excluding hydrogens is 194 g/mol. The predicted molar refractivity (Wildman–Crippen MR) is 68.7 cm³/mol. The van der Waals surface area contributed by atoms with E-state index in [1.165, 1.54) is 24.3 Å². The summed E-state index contributed by atoms with van der Waals surface area (Å²) in [6.07, 6.45) is -8.64. The summed E-state index contributed by atoms with van der Waals surface area (Å²) in [7, 11) is 0. The van der Waals surface area contributed by atoms with Crippen LogP contribution in [0.15, 0.2) is 42.0 Å². The van der Waals surface area contributed by atoms with E-state index in [1.807, 2.05) is 0 Å². The third-order valence-electron chi connectivity index (χ3n) is 2.43. The van der Waals surface area contributed by atoms with Gasteiger partial charge in [0.05, 0.1) is 2.74 Å². The molecule has 0 N–H and O–H groups in total. The number of anilines is 1. The monoisotopic (exact) mass is 224 g/mol. The zero-order valence-electron chi connectivity index (χ0n) is 19.6. The minimum atomic E-state index is -3.27. The Morgan fingerprint density at radius 2 is 2.12 bits per heavy atom. The molecule has 1 atom stereocenters. The first-order chi connectivity index (χ1) is 12.1. The lowest BCUT2D eigenvalue weighted by molar-refractivity contribution is 0.438. The van der Waals surface area contributed by atoms with E-state index in [2.05, 4.69) is 0 Å². The number of fused-ring (bicyclic) bond motifs is 1. The number of hydrogen-bond donors (Lipinski definition) is 0. The normalized spacial score (nSPS) is 55.4. The molecule has 0 aromatic heterocycles. The summed E-state index contributed by atoms with van der Waals surface area (Å²) < 4.78 is 91.5. The molecular formula is C15H19N. The molecule has 1 saturated heterocycles. The fourth-order valence-corrected chi connectivity index (χ4v) is 1.63. The van der Waals surface area contributed by atoms with Crippen molar-refractivity contribution in [2.75, 3.05) is 17.9 Å². The van der Waals surface area contributed by atoms with E-state index in [9.17, 15) is 0 Å². The summed E-state index contributed by atoms with van der Waals surface area (Å²) >= 11 is 0. The van der Waals surface area contributed by atoms with Crippen LogP contribution in [0.3, 0.4) is 0 Å². The number of piperidine rings is 1. The lowest BCUT2D eigenvalue weighted by Gasteiger charge is -2.37. The molecule has 2 aliphatic rings. The van der Waals surface area contributed by atoms with Gasteiger partial charge in [-0.05, 0) is 43.6 Å². The summed E-state index contributed by atoms with van der Waals surface area (Å²) in [5.41, 5.74) is -0.576. The Kier molecular flexibility index (Phi) is 0.980. The van der Waals surface area contributed by atoms with E-state index in [-0.39, 0.29) is 5.69 Å². The highest BCUT2D eigenvalue weighted by molar-refractivity contribution is 5.48. The maximum absolute atomic E-state index is 8.64. The zero-order chi connectivity index (χ0) is 20.7. The molecule has 0 amide bonds. The van der Waals surface area contributed by atoms with Crippen molar-refractivity contribution >= 4 is 5.69 Å². The van der Waals surface area contributed by atoms with Gasteiger partial charge in [0.2, 0.25) is 0 Å². The second kappa shape index (κ2) is 4.32. The van der Waals surface area contributed by atoms with Crippen LogP contribution in [0.5, 0.6) is 0 Å². The molecule has 0 spiro atoms. The standard InChI is InChI=1S/C15H19N/c1-2-8-15(9-3-1)16-11-10-13-6-4-5-7-14(13)12-16/h1-3,7-9,13H,4-6,10-12H2/i4D2,6D2,10D2,11D2,12D2,13D. The van der Waals surface area contributed by atoms with Gasteiger partial charge in [-0.2, -0.15) is 0 Å². The highest BCUT2D eigenvalue weighted by Gasteiger charge is 2.25. The van der Waals surface area contributed by atoms with E-state index >= 15 is 0 Å². The van der Waals surface area contributed by atoms with Gasteiger partial charge in [-0.1, -0.05) is 29.8 Å². The lowest BCUT2D eigenvalue weighted by Crippen LogP contribution is -2.36. The summed E-state index contributed by atoms with van der Waals surface area (Å²) in [5, 5.41) is 0. The number of hydrogen-bond acceptors (Lipinski definition) is 1. The molecule has 1 heteroatoms. The Morgan fingerprint density at radius 1 is 1.25 bits per heavy atom. The number of rotatable bonds is 1. The van der Waals surface area contributed by atoms with Crippen molar-refractivity contribution in [3.8, 4) is 0 Å². The quantitative estimate of drug-likeness (QED) is 0.659. The maximum Gasteiger partial charge on any atom is 0.0541 e. The van der Waals surface area contributed by atoms with E-state index in [4.69, 9.17) is 15.1 Å². The summed E-state index contributed by atoms with van der Waals surface area (Å²) in [4.78, 5) is 0.579. The van der Waals surface area contributed by atoms with Crippen molar-refractivity contribution in [2.45, 2.75) is 25.5 Å². The topological polar surface area (TPSA) is 3.24 Å². The Hall–Kier alpha value is -1.24. The highest BCUT2D eigenvalue weighted by atomic mass is 15.1. The molecule has 1 nitrogen and oxygen atoms in total. The Balaban J connectivity index is 2.37. The van der Waals surface area contributed by atoms with Crippen molar-refractivity contribution in [1.29, 1.82) is 0 Å². The van der Waals surface area contributed by atoms with Gasteiger partial charge in [0.25, 0.3) is 0 Å². The van der Waals surface area contributed by atoms with Crippen LogP contribution in [-0.4, -0.2) is 13.0 Å². The van der Waals surface area contributed by atoms with Crippen LogP contribution >= 0.6 is 0 Å². The predicted octanol–water partition coefficient (Wildman–Crippen LogP) is 3.62. The van der Waals surface area contributed by atoms with Crippen molar-refractivity contribution in [3.63, 3.8) is 0 Å². The van der Waals surface area contributed by atoms with Gasteiger partial charge in [0, 0.05) is 31.0 Å². The van der Waals surface area contributed by atoms with Gasteiger partial charge in [0.1, 0.15) is 0 Å². The summed E-state index contributed by atoms with van der Waals surface area (Å²) in [6, 6.07) is 7.51. The number of allylic oxidation sites excluding steroid dienone is 1. The molecule has 1 fully saturated rings. The molecule has 1 aromatic rings. The third-order valence-corrected chi connectivity index (χ3v) is 2.43. The smallest absolute Gasteiger partial charge is 0.0541 e. The van der Waals surface area contributed by atoms with Crippen molar-refractivity contribution in [1.82, 2.24) is 0 Å². The first-order valence-electron chi connectivity index (χ1n) is 10.6. The summed E-state index contributed by atoms with van der Waals surface area (Å²) in [5.74, 6) is -3.11. The molecule has 1 aromatic carbocycles. The second-order valence-electron chi connectivity index (χ2n) is 3.52. The van der Waals surface area contributed by atoms with Crippen LogP contribution < -0.4 is 4.90 Å². The molecule has 1 unspecified atom stereocenters. The average Bonchev–Trinajstić information content (AvgIpc) is 2.52. The molecule has 1 aliphatic carbocycles. The minimum absolute atomic E-state index is 0.0356. The van der Waals surface area contributed by atoms with Crippen LogP contribution in [0.4, 0.5) is 5.69 Å². The highest BCUT2D eigenvalue weighted by Crippen LogP contribution is 2.33. The van der Waals surface area contributed by atoms with Crippen LogP contribution in [0.25, 0.3) is 0 Å². The van der Waals surface area contributed by atoms with Crippen molar-refractivity contribution < 1.29 is 15.1 Å². The Bertz CT molecular complexity index is 786. The van der Waals surface area contributed by atoms with Crippen LogP contribution in [-0.2, 0) is 0 Å². The molecule has 0 saturated carbocycles. The van der Waals surface area contributed by atoms with E-state index < -0.39 is 50.0 Å². The molecule has 0 radical (unpaired) electrons. The first-order valence-corrected chi connectivity index (χ1v) is 5.13. The summed E-state index contributed by atoms with van der Waals surface area (Å²) in [6.45, 7) is -5.89. The fourth-order valence-electron chi connectivity index (χ4n) is 1.63. The largest absolute Gasteiger partial charge is 0.368 e. The minimum Gasteiger partial charge on any atom is -0.368 e. The van der Waals surface area contributed by atoms with Crippen LogP contribution in [0, 0.1) is 5.89 Å². The number of para-hydroxylation sites is 1. The van der Waals surface area contributed by atoms with E-state index in [0.29, 0.717) is 4.90 Å². The van der Waals surface area contributed by atoms with Gasteiger partial charge in [-0.3, -0.25) is 0 Å². The Labute approximate surface area is 113 Å². The molecule has 84 valence electrons. The Morgan fingerprint density at radius 3 is 3.00 bits per heavy atom. The van der Waals surface area contributed by atoms with Gasteiger partial charge >= 0.3 is 0 Å². The molecule has 0 bridgehead atoms. The second-order valence-corrected chi connectivity index (χ2v) is 3.52. The van der Waals surface area contributed by atoms with E-state index in [0.717, 1.165) is 6.08 Å². The average molecular weight is 224 g/mol. The van der Waals surface area contributed by atoms with Gasteiger partial charge in [0.15, 0.2) is 0 Å².